The van der Waals surface area contributed by atoms with Crippen LogP contribution < -0.4 is 5.73 Å². The summed E-state index contributed by atoms with van der Waals surface area (Å²) in [5, 5.41) is 11.5. The number of hydrogen-bond acceptors (Lipinski definition) is 4. The molecule has 6 heteroatoms. The van der Waals surface area contributed by atoms with Crippen molar-refractivity contribution in [1.82, 2.24) is 0 Å². The van der Waals surface area contributed by atoms with Crippen LogP contribution in [0.4, 0.5) is 5.69 Å². The van der Waals surface area contributed by atoms with Crippen LogP contribution in [0.25, 0.3) is 0 Å². The Morgan fingerprint density at radius 1 is 1.19 bits per heavy atom. The number of rotatable bonds is 6. The molecule has 4 nitrogen and oxygen atoms in total. The van der Waals surface area contributed by atoms with Crippen LogP contribution in [0.5, 0.6) is 0 Å². The molecule has 0 spiro atoms. The fourth-order valence-corrected chi connectivity index (χ4v) is 3.06. The minimum Gasteiger partial charge on any atom is -0.330 e. The largest absolute Gasteiger partial charge is 0.330 e. The Morgan fingerprint density at radius 2 is 1.90 bits per heavy atom. The fourth-order valence-electron chi connectivity index (χ4n) is 1.91. The highest BCUT2D eigenvalue weighted by molar-refractivity contribution is 7.98. The van der Waals surface area contributed by atoms with Gasteiger partial charge in [0.05, 0.1) is 4.92 Å². The van der Waals surface area contributed by atoms with Crippen molar-refractivity contribution in [3.63, 3.8) is 0 Å². The molecule has 2 N–H and O–H groups in total. The third-order valence-corrected chi connectivity index (χ3v) is 4.42. The smallest absolute Gasteiger partial charge is 0.269 e. The molecule has 0 bridgehead atoms. The summed E-state index contributed by atoms with van der Waals surface area (Å²) in [6.45, 7) is 0.468. The molecule has 0 amide bonds. The molecule has 21 heavy (non-hydrogen) atoms. The van der Waals surface area contributed by atoms with Crippen molar-refractivity contribution in [3.8, 4) is 0 Å². The van der Waals surface area contributed by atoms with E-state index in [9.17, 15) is 10.1 Å². The van der Waals surface area contributed by atoms with Crippen LogP contribution in [0.15, 0.2) is 47.4 Å². The molecule has 0 aliphatic heterocycles. The summed E-state index contributed by atoms with van der Waals surface area (Å²) in [5.41, 5.74) is 7.77. The maximum Gasteiger partial charge on any atom is 0.269 e. The van der Waals surface area contributed by atoms with Gasteiger partial charge in [-0.05, 0) is 42.3 Å². The van der Waals surface area contributed by atoms with Gasteiger partial charge in [-0.15, -0.1) is 11.8 Å². The summed E-state index contributed by atoms with van der Waals surface area (Å²) in [6.07, 6.45) is 0.630. The Bertz CT molecular complexity index is 632. The number of benzene rings is 2. The summed E-state index contributed by atoms with van der Waals surface area (Å²) in [7, 11) is 0. The summed E-state index contributed by atoms with van der Waals surface area (Å²) in [4.78, 5) is 11.5. The van der Waals surface area contributed by atoms with Crippen molar-refractivity contribution in [2.75, 3.05) is 6.54 Å². The van der Waals surface area contributed by atoms with Crippen molar-refractivity contribution in [1.29, 1.82) is 0 Å². The zero-order valence-electron chi connectivity index (χ0n) is 11.3. The molecular weight excluding hydrogens is 308 g/mol. The molecule has 2 rings (SSSR count). The standard InChI is InChI=1S/C15H15ClN2O2S/c16-13-3-1-11(2-4-13)10-21-15-6-5-14(18(19)20)9-12(15)7-8-17/h1-6,9H,7-8,10,17H2. The van der Waals surface area contributed by atoms with E-state index in [4.69, 9.17) is 17.3 Å². The Morgan fingerprint density at radius 3 is 2.52 bits per heavy atom. The van der Waals surface area contributed by atoms with Crippen molar-refractivity contribution in [3.05, 3.63) is 68.7 Å². The zero-order chi connectivity index (χ0) is 15.2. The van der Waals surface area contributed by atoms with Crippen LogP contribution in [-0.2, 0) is 12.2 Å². The van der Waals surface area contributed by atoms with E-state index in [1.54, 1.807) is 23.9 Å². The van der Waals surface area contributed by atoms with Gasteiger partial charge >= 0.3 is 0 Å². The summed E-state index contributed by atoms with van der Waals surface area (Å²) < 4.78 is 0. The Hall–Kier alpha value is -1.56. The van der Waals surface area contributed by atoms with Gasteiger partial charge in [-0.1, -0.05) is 23.7 Å². The van der Waals surface area contributed by atoms with E-state index in [-0.39, 0.29) is 10.6 Å². The number of thioether (sulfide) groups is 1. The second-order valence-electron chi connectivity index (χ2n) is 4.50. The van der Waals surface area contributed by atoms with Crippen LogP contribution in [0.2, 0.25) is 5.02 Å². The van der Waals surface area contributed by atoms with Crippen molar-refractivity contribution in [2.24, 2.45) is 5.73 Å². The lowest BCUT2D eigenvalue weighted by atomic mass is 10.1. The van der Waals surface area contributed by atoms with E-state index in [1.807, 2.05) is 24.3 Å². The molecule has 0 aliphatic rings. The number of nitro groups is 1. The second-order valence-corrected chi connectivity index (χ2v) is 5.96. The lowest BCUT2D eigenvalue weighted by Crippen LogP contribution is -2.04. The zero-order valence-corrected chi connectivity index (χ0v) is 12.9. The second kappa shape index (κ2) is 7.45. The number of nitro benzene ring substituents is 1. The van der Waals surface area contributed by atoms with Gasteiger partial charge in [0.25, 0.3) is 5.69 Å². The Labute approximate surface area is 132 Å². The molecule has 110 valence electrons. The molecular formula is C15H15ClN2O2S. The molecule has 0 saturated carbocycles. The van der Waals surface area contributed by atoms with Crippen LogP contribution in [0.1, 0.15) is 11.1 Å². The van der Waals surface area contributed by atoms with E-state index >= 15 is 0 Å². The molecule has 2 aromatic carbocycles. The maximum absolute atomic E-state index is 10.8. The van der Waals surface area contributed by atoms with Crippen LogP contribution >= 0.6 is 23.4 Å². The molecule has 0 radical (unpaired) electrons. The van der Waals surface area contributed by atoms with E-state index in [2.05, 4.69) is 0 Å². The van der Waals surface area contributed by atoms with E-state index in [0.29, 0.717) is 18.0 Å². The minimum atomic E-state index is -0.381. The lowest BCUT2D eigenvalue weighted by Gasteiger charge is -2.08. The Balaban J connectivity index is 2.14. The molecule has 2 aromatic rings. The quantitative estimate of drug-likeness (QED) is 0.495. The van der Waals surface area contributed by atoms with Crippen LogP contribution in [0, 0.1) is 10.1 Å². The van der Waals surface area contributed by atoms with E-state index in [0.717, 1.165) is 21.8 Å². The average Bonchev–Trinajstić information content (AvgIpc) is 2.47. The first-order chi connectivity index (χ1) is 10.1. The number of non-ortho nitro benzene ring substituents is 1. The van der Waals surface area contributed by atoms with Gasteiger partial charge in [-0.25, -0.2) is 0 Å². The van der Waals surface area contributed by atoms with Gasteiger partial charge in [0.15, 0.2) is 0 Å². The first-order valence-electron chi connectivity index (χ1n) is 6.45. The number of hydrogen-bond donors (Lipinski definition) is 1. The summed E-state index contributed by atoms with van der Waals surface area (Å²) in [5.74, 6) is 0.784. The molecule has 0 aromatic heterocycles. The lowest BCUT2D eigenvalue weighted by molar-refractivity contribution is -0.385. The number of nitrogens with two attached hydrogens (primary N) is 1. The molecule has 0 atom stereocenters. The summed E-state index contributed by atoms with van der Waals surface area (Å²) in [6, 6.07) is 12.6. The molecule has 0 fully saturated rings. The topological polar surface area (TPSA) is 69.2 Å². The maximum atomic E-state index is 10.8. The van der Waals surface area contributed by atoms with E-state index in [1.165, 1.54) is 6.07 Å². The van der Waals surface area contributed by atoms with Gasteiger partial charge in [-0.3, -0.25) is 10.1 Å². The van der Waals surface area contributed by atoms with Crippen molar-refractivity contribution >= 4 is 29.1 Å². The highest BCUT2D eigenvalue weighted by atomic mass is 35.5. The van der Waals surface area contributed by atoms with E-state index < -0.39 is 0 Å². The molecule has 0 aliphatic carbocycles. The average molecular weight is 323 g/mol. The predicted molar refractivity (Wildman–Crippen MR) is 86.9 cm³/mol. The normalized spacial score (nSPS) is 10.6. The summed E-state index contributed by atoms with van der Waals surface area (Å²) >= 11 is 7.50. The minimum absolute atomic E-state index is 0.106. The SMILES string of the molecule is NCCc1cc([N+](=O)[O-])ccc1SCc1ccc(Cl)cc1. The van der Waals surface area contributed by atoms with Gasteiger partial charge in [0.2, 0.25) is 0 Å². The van der Waals surface area contributed by atoms with Crippen LogP contribution in [-0.4, -0.2) is 11.5 Å². The highest BCUT2D eigenvalue weighted by Crippen LogP contribution is 2.29. The third-order valence-electron chi connectivity index (χ3n) is 2.98. The first-order valence-corrected chi connectivity index (χ1v) is 7.81. The van der Waals surface area contributed by atoms with Crippen molar-refractivity contribution < 1.29 is 4.92 Å². The van der Waals surface area contributed by atoms with Gasteiger partial charge in [0, 0.05) is 27.8 Å². The van der Waals surface area contributed by atoms with Gasteiger partial charge < -0.3 is 5.73 Å². The predicted octanol–water partition coefficient (Wildman–Crippen LogP) is 4.04. The monoisotopic (exact) mass is 322 g/mol. The van der Waals surface area contributed by atoms with Crippen LogP contribution in [0.3, 0.4) is 0 Å². The Kier molecular flexibility index (Phi) is 5.61. The molecule has 0 saturated heterocycles. The third kappa shape index (κ3) is 4.46. The number of nitrogens with zero attached hydrogens (tertiary/aromatic N) is 1. The molecule has 0 unspecified atom stereocenters. The van der Waals surface area contributed by atoms with Gasteiger partial charge in [-0.2, -0.15) is 0 Å². The van der Waals surface area contributed by atoms with Gasteiger partial charge in [0.1, 0.15) is 0 Å². The molecule has 0 heterocycles. The number of halogens is 1. The highest BCUT2D eigenvalue weighted by Gasteiger charge is 2.11. The van der Waals surface area contributed by atoms with Crippen molar-refractivity contribution in [2.45, 2.75) is 17.1 Å². The fraction of sp³-hybridized carbons (Fsp3) is 0.200. The first kappa shape index (κ1) is 15.8.